The summed E-state index contributed by atoms with van der Waals surface area (Å²) in [5.41, 5.74) is -3.04. The molecule has 0 radical (unpaired) electrons. The first kappa shape index (κ1) is 28.3. The van der Waals surface area contributed by atoms with Gasteiger partial charge in [0.2, 0.25) is 0 Å². The van der Waals surface area contributed by atoms with Crippen LogP contribution in [0.4, 0.5) is 18.9 Å². The Kier molecular flexibility index (Phi) is 10.5. The summed E-state index contributed by atoms with van der Waals surface area (Å²) in [6, 6.07) is 0.237. The molecule has 1 aromatic heterocycles. The molecule has 2 atom stereocenters. The number of alkyl halides is 3. The fraction of sp³-hybridized carbons (Fsp3) is 0.762. The van der Waals surface area contributed by atoms with Gasteiger partial charge in [0.1, 0.15) is 12.3 Å². The third kappa shape index (κ3) is 9.00. The molecule has 0 spiro atoms. The maximum atomic E-state index is 13.9. The van der Waals surface area contributed by atoms with Gasteiger partial charge in [-0.05, 0) is 12.5 Å². The van der Waals surface area contributed by atoms with Gasteiger partial charge in [-0.15, -0.1) is 0 Å². The van der Waals surface area contributed by atoms with Crippen LogP contribution in [0.2, 0.25) is 25.7 Å². The van der Waals surface area contributed by atoms with E-state index in [0.717, 1.165) is 12.2 Å². The van der Waals surface area contributed by atoms with Crippen molar-refractivity contribution < 1.29 is 36.9 Å². The maximum Gasteiger partial charge on any atom is 0.423 e. The van der Waals surface area contributed by atoms with Crippen molar-refractivity contribution in [2.75, 3.05) is 45.5 Å². The highest BCUT2D eigenvalue weighted by molar-refractivity contribution is 6.76. The molecular weight excluding hydrogens is 475 g/mol. The Labute approximate surface area is 197 Å². The van der Waals surface area contributed by atoms with Crippen LogP contribution in [0, 0.1) is 5.92 Å². The highest BCUT2D eigenvalue weighted by atomic mass is 28.3. The topological polar surface area (TPSA) is 101 Å². The van der Waals surface area contributed by atoms with Crippen molar-refractivity contribution >= 4 is 19.7 Å². The summed E-state index contributed by atoms with van der Waals surface area (Å²) in [5, 5.41) is 6.69. The largest absolute Gasteiger partial charge is 0.469 e. The van der Waals surface area contributed by atoms with Crippen LogP contribution >= 0.6 is 0 Å². The van der Waals surface area contributed by atoms with Gasteiger partial charge in [-0.25, -0.2) is 4.68 Å². The highest BCUT2D eigenvalue weighted by Crippen LogP contribution is 2.33. The van der Waals surface area contributed by atoms with Crippen LogP contribution in [-0.2, 0) is 36.6 Å². The Balaban J connectivity index is 2.17. The van der Waals surface area contributed by atoms with E-state index in [1.165, 1.54) is 7.11 Å². The minimum atomic E-state index is -4.90. The third-order valence-electron chi connectivity index (χ3n) is 5.39. The Morgan fingerprint density at radius 1 is 1.32 bits per heavy atom. The van der Waals surface area contributed by atoms with Crippen molar-refractivity contribution in [2.24, 2.45) is 5.92 Å². The van der Waals surface area contributed by atoms with Crippen molar-refractivity contribution in [3.05, 3.63) is 22.1 Å². The fourth-order valence-corrected chi connectivity index (χ4v) is 4.08. The van der Waals surface area contributed by atoms with E-state index < -0.39 is 43.1 Å². The monoisotopic (exact) mass is 509 g/mol. The molecule has 0 bridgehead atoms. The highest BCUT2D eigenvalue weighted by Gasteiger charge is 2.39. The number of methoxy groups -OCH3 is 1. The first-order valence-electron chi connectivity index (χ1n) is 11.2. The van der Waals surface area contributed by atoms with E-state index in [-0.39, 0.29) is 32.3 Å². The quantitative estimate of drug-likeness (QED) is 0.246. The molecule has 0 saturated carbocycles. The lowest BCUT2D eigenvalue weighted by molar-refractivity contribution is -0.142. The summed E-state index contributed by atoms with van der Waals surface area (Å²) in [7, 11) is -0.126. The second kappa shape index (κ2) is 12.7. The number of anilines is 1. The molecular formula is C21H34F3N3O6Si. The van der Waals surface area contributed by atoms with Crippen LogP contribution in [0.25, 0.3) is 0 Å². The molecule has 1 aromatic rings. The molecule has 34 heavy (non-hydrogen) atoms. The zero-order valence-electron chi connectivity index (χ0n) is 20.1. The Morgan fingerprint density at radius 3 is 2.65 bits per heavy atom. The van der Waals surface area contributed by atoms with Gasteiger partial charge < -0.3 is 24.3 Å². The first-order valence-corrected chi connectivity index (χ1v) is 14.9. The van der Waals surface area contributed by atoms with Gasteiger partial charge in [-0.2, -0.15) is 18.3 Å². The van der Waals surface area contributed by atoms with Crippen molar-refractivity contribution in [3.63, 3.8) is 0 Å². The first-order chi connectivity index (χ1) is 15.9. The molecule has 2 unspecified atom stereocenters. The molecule has 1 aliphatic rings. The predicted octanol–water partition coefficient (Wildman–Crippen LogP) is 2.97. The average molecular weight is 510 g/mol. The molecule has 0 amide bonds. The van der Waals surface area contributed by atoms with Gasteiger partial charge in [0, 0.05) is 27.2 Å². The number of nitrogens with zero attached hydrogens (tertiary/aromatic N) is 2. The lowest BCUT2D eigenvalue weighted by Crippen LogP contribution is -2.38. The molecule has 1 fully saturated rings. The zero-order valence-corrected chi connectivity index (χ0v) is 21.1. The van der Waals surface area contributed by atoms with Crippen LogP contribution in [0.5, 0.6) is 0 Å². The molecule has 194 valence electrons. The van der Waals surface area contributed by atoms with Crippen LogP contribution in [-0.4, -0.2) is 70.0 Å². The van der Waals surface area contributed by atoms with Gasteiger partial charge in [-0.1, -0.05) is 19.6 Å². The predicted molar refractivity (Wildman–Crippen MR) is 121 cm³/mol. The van der Waals surface area contributed by atoms with Crippen molar-refractivity contribution in [1.29, 1.82) is 0 Å². The van der Waals surface area contributed by atoms with Gasteiger partial charge >= 0.3 is 12.1 Å². The number of nitrogens with one attached hydrogen (secondary N) is 1. The number of hydrogen-bond acceptors (Lipinski definition) is 8. The van der Waals surface area contributed by atoms with Crippen LogP contribution < -0.4 is 10.9 Å². The molecule has 13 heteroatoms. The van der Waals surface area contributed by atoms with E-state index in [1.54, 1.807) is 0 Å². The van der Waals surface area contributed by atoms with Crippen molar-refractivity contribution in [2.45, 2.75) is 57.5 Å². The number of ether oxygens (including phenoxy) is 4. The van der Waals surface area contributed by atoms with E-state index in [4.69, 9.17) is 14.2 Å². The van der Waals surface area contributed by atoms with Crippen LogP contribution in [0.15, 0.2) is 11.0 Å². The van der Waals surface area contributed by atoms with Crippen molar-refractivity contribution in [3.8, 4) is 0 Å². The summed E-state index contributed by atoms with van der Waals surface area (Å²) in [5.74, 6) is -0.584. The second-order valence-electron chi connectivity index (χ2n) is 9.36. The van der Waals surface area contributed by atoms with E-state index in [1.807, 2.05) is 0 Å². The Bertz CT molecular complexity index is 854. The Morgan fingerprint density at radius 2 is 2.06 bits per heavy atom. The van der Waals surface area contributed by atoms with Gasteiger partial charge in [0.15, 0.2) is 0 Å². The fourth-order valence-electron chi connectivity index (χ4n) is 3.33. The zero-order chi connectivity index (χ0) is 25.4. The van der Waals surface area contributed by atoms with E-state index >= 15 is 0 Å². The molecule has 0 aliphatic carbocycles. The standard InChI is InChI=1S/C21H34F3N3O6Si/c1-30-18(28)6-8-32-13-17(15-5-7-31-12-15)26-16-11-25-27(14-33-9-10-34(2,3)4)20(29)19(16)21(22,23)24/h11,15,17,26H,5-10,12-14H2,1-4H3. The number of aromatic nitrogens is 2. The summed E-state index contributed by atoms with van der Waals surface area (Å²) in [6.45, 7) is 7.32. The lowest BCUT2D eigenvalue weighted by atomic mass is 9.99. The number of hydrogen-bond donors (Lipinski definition) is 1. The summed E-state index contributed by atoms with van der Waals surface area (Å²) >= 11 is 0. The summed E-state index contributed by atoms with van der Waals surface area (Å²) < 4.78 is 63.1. The minimum absolute atomic E-state index is 0.0191. The molecule has 0 aromatic carbocycles. The second-order valence-corrected chi connectivity index (χ2v) is 15.0. The normalized spacial score (nSPS) is 17.6. The number of rotatable bonds is 13. The number of halogens is 3. The molecule has 1 N–H and O–H groups in total. The molecule has 1 aliphatic heterocycles. The molecule has 2 heterocycles. The molecule has 1 saturated heterocycles. The van der Waals surface area contributed by atoms with E-state index in [0.29, 0.717) is 30.9 Å². The number of esters is 1. The number of carbonyl (C=O) groups is 1. The SMILES string of the molecule is COC(=O)CCOCC(Nc1cnn(COCC[Si](C)(C)C)c(=O)c1C(F)(F)F)C1CCOC1. The van der Waals surface area contributed by atoms with E-state index in [2.05, 4.69) is 34.8 Å². The van der Waals surface area contributed by atoms with Crippen molar-refractivity contribution in [1.82, 2.24) is 9.78 Å². The molecule has 2 rings (SSSR count). The number of carbonyl (C=O) groups excluding carboxylic acids is 1. The van der Waals surface area contributed by atoms with Gasteiger partial charge in [0.25, 0.3) is 5.56 Å². The molecule has 9 nitrogen and oxygen atoms in total. The van der Waals surface area contributed by atoms with E-state index in [9.17, 15) is 22.8 Å². The van der Waals surface area contributed by atoms with Gasteiger partial charge in [-0.3, -0.25) is 9.59 Å². The minimum Gasteiger partial charge on any atom is -0.469 e. The summed E-state index contributed by atoms with van der Waals surface area (Å²) in [6.07, 6.45) is -3.27. The van der Waals surface area contributed by atoms with Crippen LogP contribution in [0.1, 0.15) is 18.4 Å². The Hall–Kier alpha value is -1.96. The maximum absolute atomic E-state index is 13.9. The lowest BCUT2D eigenvalue weighted by Gasteiger charge is -2.26. The average Bonchev–Trinajstić information content (AvgIpc) is 3.27. The van der Waals surface area contributed by atoms with Crippen LogP contribution in [0.3, 0.4) is 0 Å². The van der Waals surface area contributed by atoms with Gasteiger partial charge in [0.05, 0.1) is 51.3 Å². The smallest absolute Gasteiger partial charge is 0.423 e. The summed E-state index contributed by atoms with van der Waals surface area (Å²) in [4.78, 5) is 23.9. The third-order valence-corrected chi connectivity index (χ3v) is 7.09.